The van der Waals surface area contributed by atoms with Crippen molar-refractivity contribution in [2.24, 2.45) is 0 Å². The lowest BCUT2D eigenvalue weighted by Crippen LogP contribution is -2.15. The highest BCUT2D eigenvalue weighted by Crippen LogP contribution is 2.26. The molecule has 0 saturated heterocycles. The summed E-state index contributed by atoms with van der Waals surface area (Å²) in [5.74, 6) is -1.60. The third-order valence-corrected chi connectivity index (χ3v) is 4.58. The molecule has 0 bridgehead atoms. The smallest absolute Gasteiger partial charge is 0.339 e. The van der Waals surface area contributed by atoms with Gasteiger partial charge in [-0.2, -0.15) is 0 Å². The molecule has 5 nitrogen and oxygen atoms in total. The van der Waals surface area contributed by atoms with Crippen LogP contribution in [0.2, 0.25) is 0 Å². The van der Waals surface area contributed by atoms with Gasteiger partial charge in [0.25, 0.3) is 0 Å². The Morgan fingerprint density at radius 2 is 1.70 bits per heavy atom. The van der Waals surface area contributed by atoms with Crippen molar-refractivity contribution in [3.8, 4) is 17.0 Å². The average molecular weight is 401 g/mol. The van der Waals surface area contributed by atoms with Crippen molar-refractivity contribution in [3.05, 3.63) is 95.8 Å². The molecule has 0 amide bonds. The fourth-order valence-corrected chi connectivity index (χ4v) is 3.08. The van der Waals surface area contributed by atoms with Crippen LogP contribution in [0.25, 0.3) is 22.2 Å². The third-order valence-electron chi connectivity index (χ3n) is 4.58. The maximum absolute atomic E-state index is 13.3. The first kappa shape index (κ1) is 19.3. The second-order valence-electron chi connectivity index (χ2n) is 6.63. The number of carbonyl (C=O) groups is 2. The minimum atomic E-state index is -0.682. The standard InChI is InChI=1S/C24H16FNO4/c25-17-5-3-4-16(12-17)23(28)14-30-24(29)20-13-22(15-8-10-18(27)11-9-15)26-21-7-2-1-6-19(20)21/h1-13,27H,14H2. The molecule has 0 spiro atoms. The molecule has 0 fully saturated rings. The van der Waals surface area contributed by atoms with Crippen LogP contribution >= 0.6 is 0 Å². The zero-order chi connectivity index (χ0) is 21.1. The third kappa shape index (κ3) is 4.03. The fourth-order valence-electron chi connectivity index (χ4n) is 3.08. The molecule has 4 aromatic rings. The number of Topliss-reactive ketones (excluding diaryl/α,β-unsaturated/α-hetero) is 1. The van der Waals surface area contributed by atoms with Crippen molar-refractivity contribution < 1.29 is 23.8 Å². The van der Waals surface area contributed by atoms with E-state index in [-0.39, 0.29) is 16.9 Å². The van der Waals surface area contributed by atoms with Crippen LogP contribution in [0.4, 0.5) is 4.39 Å². The predicted octanol–water partition coefficient (Wildman–Crippen LogP) is 4.79. The predicted molar refractivity (Wildman–Crippen MR) is 110 cm³/mol. The number of fused-ring (bicyclic) bond motifs is 1. The van der Waals surface area contributed by atoms with Crippen molar-refractivity contribution in [2.45, 2.75) is 0 Å². The largest absolute Gasteiger partial charge is 0.508 e. The number of esters is 1. The monoisotopic (exact) mass is 401 g/mol. The number of halogens is 1. The molecule has 0 aliphatic rings. The van der Waals surface area contributed by atoms with Crippen molar-refractivity contribution in [1.82, 2.24) is 4.98 Å². The molecule has 1 heterocycles. The quantitative estimate of drug-likeness (QED) is 0.384. The zero-order valence-electron chi connectivity index (χ0n) is 15.7. The summed E-state index contributed by atoms with van der Waals surface area (Å²) in [5.41, 5.74) is 2.22. The van der Waals surface area contributed by atoms with Gasteiger partial charge >= 0.3 is 5.97 Å². The maximum atomic E-state index is 13.3. The van der Waals surface area contributed by atoms with Crippen molar-refractivity contribution >= 4 is 22.7 Å². The number of rotatable bonds is 5. The summed E-state index contributed by atoms with van der Waals surface area (Å²) in [7, 11) is 0. The summed E-state index contributed by atoms with van der Waals surface area (Å²) in [5, 5.41) is 10.1. The van der Waals surface area contributed by atoms with Crippen LogP contribution < -0.4 is 0 Å². The molecule has 1 aromatic heterocycles. The number of nitrogens with zero attached hydrogens (tertiary/aromatic N) is 1. The summed E-state index contributed by atoms with van der Waals surface area (Å²) in [6.07, 6.45) is 0. The number of benzene rings is 3. The maximum Gasteiger partial charge on any atom is 0.339 e. The number of carbonyl (C=O) groups excluding carboxylic acids is 2. The number of phenolic OH excluding ortho intramolecular Hbond substituents is 1. The SMILES string of the molecule is O=C(COC(=O)c1cc(-c2ccc(O)cc2)nc2ccccc12)c1cccc(F)c1. The number of phenols is 1. The van der Waals surface area contributed by atoms with Crippen LogP contribution in [0.3, 0.4) is 0 Å². The number of para-hydroxylation sites is 1. The van der Waals surface area contributed by atoms with Gasteiger partial charge in [0.05, 0.1) is 16.8 Å². The minimum absolute atomic E-state index is 0.120. The number of pyridine rings is 1. The molecule has 6 heteroatoms. The molecule has 0 radical (unpaired) electrons. The van der Waals surface area contributed by atoms with Crippen molar-refractivity contribution in [2.75, 3.05) is 6.61 Å². The Balaban J connectivity index is 1.64. The van der Waals surface area contributed by atoms with Gasteiger partial charge in [-0.05, 0) is 48.5 Å². The van der Waals surface area contributed by atoms with E-state index in [9.17, 15) is 19.1 Å². The molecule has 0 atom stereocenters. The number of hydrogen-bond acceptors (Lipinski definition) is 5. The van der Waals surface area contributed by atoms with E-state index in [1.165, 1.54) is 30.3 Å². The van der Waals surface area contributed by atoms with E-state index >= 15 is 0 Å². The zero-order valence-corrected chi connectivity index (χ0v) is 15.7. The number of ether oxygens (including phenoxy) is 1. The normalized spacial score (nSPS) is 10.7. The Morgan fingerprint density at radius 1 is 0.933 bits per heavy atom. The van der Waals surface area contributed by atoms with Crippen LogP contribution in [0.15, 0.2) is 78.9 Å². The van der Waals surface area contributed by atoms with Gasteiger partial charge < -0.3 is 9.84 Å². The number of ketones is 1. The van der Waals surface area contributed by atoms with Crippen molar-refractivity contribution in [3.63, 3.8) is 0 Å². The van der Waals surface area contributed by atoms with Gasteiger partial charge in [-0.3, -0.25) is 4.79 Å². The highest BCUT2D eigenvalue weighted by molar-refractivity contribution is 6.06. The highest BCUT2D eigenvalue weighted by atomic mass is 19.1. The van der Waals surface area contributed by atoms with E-state index < -0.39 is 24.2 Å². The van der Waals surface area contributed by atoms with Crippen LogP contribution in [-0.4, -0.2) is 28.4 Å². The van der Waals surface area contributed by atoms with E-state index in [1.54, 1.807) is 42.5 Å². The van der Waals surface area contributed by atoms with Crippen LogP contribution in [0, 0.1) is 5.82 Å². The second-order valence-corrected chi connectivity index (χ2v) is 6.63. The minimum Gasteiger partial charge on any atom is -0.508 e. The van der Waals surface area contributed by atoms with Gasteiger partial charge in [0, 0.05) is 16.5 Å². The molecular weight excluding hydrogens is 385 g/mol. The molecule has 148 valence electrons. The highest BCUT2D eigenvalue weighted by Gasteiger charge is 2.17. The number of aromatic nitrogens is 1. The number of hydrogen-bond donors (Lipinski definition) is 1. The lowest BCUT2D eigenvalue weighted by atomic mass is 10.0. The summed E-state index contributed by atoms with van der Waals surface area (Å²) in [6.45, 7) is -0.506. The first-order valence-corrected chi connectivity index (χ1v) is 9.16. The van der Waals surface area contributed by atoms with Gasteiger partial charge in [-0.1, -0.05) is 30.3 Å². The Bertz CT molecular complexity index is 1250. The van der Waals surface area contributed by atoms with Crippen LogP contribution in [0.5, 0.6) is 5.75 Å². The molecule has 1 N–H and O–H groups in total. The molecular formula is C24H16FNO4. The second kappa shape index (κ2) is 8.13. The van der Waals surface area contributed by atoms with Crippen molar-refractivity contribution in [1.29, 1.82) is 0 Å². The van der Waals surface area contributed by atoms with Crippen LogP contribution in [0.1, 0.15) is 20.7 Å². The lowest BCUT2D eigenvalue weighted by molar-refractivity contribution is 0.0476. The first-order valence-electron chi connectivity index (χ1n) is 9.16. The van der Waals surface area contributed by atoms with E-state index in [1.807, 2.05) is 0 Å². The molecule has 0 aliphatic carbocycles. The Hall–Kier alpha value is -4.06. The van der Waals surface area contributed by atoms with E-state index in [2.05, 4.69) is 4.98 Å². The summed E-state index contributed by atoms with van der Waals surface area (Å²) >= 11 is 0. The molecule has 30 heavy (non-hydrogen) atoms. The molecule has 4 rings (SSSR count). The average Bonchev–Trinajstić information content (AvgIpc) is 2.77. The van der Waals surface area contributed by atoms with Gasteiger partial charge in [-0.25, -0.2) is 14.2 Å². The lowest BCUT2D eigenvalue weighted by Gasteiger charge is -2.10. The molecule has 0 saturated carbocycles. The Labute approximate surface area is 171 Å². The van der Waals surface area contributed by atoms with Gasteiger partial charge in [0.15, 0.2) is 12.4 Å². The molecule has 0 unspecified atom stereocenters. The van der Waals surface area contributed by atoms with Gasteiger partial charge in [0.1, 0.15) is 11.6 Å². The molecule has 3 aromatic carbocycles. The van der Waals surface area contributed by atoms with Crippen LogP contribution in [-0.2, 0) is 4.74 Å². The van der Waals surface area contributed by atoms with Gasteiger partial charge in [0.2, 0.25) is 0 Å². The summed E-state index contributed by atoms with van der Waals surface area (Å²) in [4.78, 5) is 29.6. The topological polar surface area (TPSA) is 76.5 Å². The van der Waals surface area contributed by atoms with E-state index in [4.69, 9.17) is 4.74 Å². The van der Waals surface area contributed by atoms with E-state index in [0.717, 1.165) is 6.07 Å². The van der Waals surface area contributed by atoms with Gasteiger partial charge in [-0.15, -0.1) is 0 Å². The Kier molecular flexibility index (Phi) is 5.22. The number of aromatic hydroxyl groups is 1. The van der Waals surface area contributed by atoms with E-state index in [0.29, 0.717) is 22.2 Å². The summed E-state index contributed by atoms with van der Waals surface area (Å²) in [6, 6.07) is 20.3. The molecule has 0 aliphatic heterocycles. The summed E-state index contributed by atoms with van der Waals surface area (Å²) < 4.78 is 18.5. The first-order chi connectivity index (χ1) is 14.5. The Morgan fingerprint density at radius 3 is 2.47 bits per heavy atom. The fraction of sp³-hybridized carbons (Fsp3) is 0.0417.